The molecule has 0 fully saturated rings. The SMILES string of the molecule is CC(=O)N1c2ccccc2[C@@H](OCc2ccccc2)C[C@H]1C. The number of hydrogen-bond donors (Lipinski definition) is 0. The van der Waals surface area contributed by atoms with Gasteiger partial charge in [-0.1, -0.05) is 48.5 Å². The minimum Gasteiger partial charge on any atom is -0.369 e. The summed E-state index contributed by atoms with van der Waals surface area (Å²) in [5.74, 6) is 0.0847. The van der Waals surface area contributed by atoms with Crippen molar-refractivity contribution in [2.24, 2.45) is 0 Å². The molecule has 3 nitrogen and oxygen atoms in total. The highest BCUT2D eigenvalue weighted by Crippen LogP contribution is 2.39. The molecule has 1 aliphatic heterocycles. The number of carbonyl (C=O) groups is 1. The van der Waals surface area contributed by atoms with Crippen LogP contribution >= 0.6 is 0 Å². The Morgan fingerprint density at radius 1 is 1.14 bits per heavy atom. The van der Waals surface area contributed by atoms with E-state index < -0.39 is 0 Å². The van der Waals surface area contributed by atoms with Gasteiger partial charge in [-0.15, -0.1) is 0 Å². The predicted octanol–water partition coefficient (Wildman–Crippen LogP) is 4.09. The summed E-state index contributed by atoms with van der Waals surface area (Å²) in [5.41, 5.74) is 3.25. The topological polar surface area (TPSA) is 29.5 Å². The average molecular weight is 295 g/mol. The van der Waals surface area contributed by atoms with Gasteiger partial charge in [0.1, 0.15) is 0 Å². The van der Waals surface area contributed by atoms with Crippen LogP contribution in [0.2, 0.25) is 0 Å². The fourth-order valence-corrected chi connectivity index (χ4v) is 3.17. The Morgan fingerprint density at radius 2 is 1.82 bits per heavy atom. The van der Waals surface area contributed by atoms with Crippen LogP contribution in [0.3, 0.4) is 0 Å². The molecule has 22 heavy (non-hydrogen) atoms. The third-order valence-electron chi connectivity index (χ3n) is 4.17. The Balaban J connectivity index is 1.83. The van der Waals surface area contributed by atoms with Crippen molar-refractivity contribution in [3.63, 3.8) is 0 Å². The van der Waals surface area contributed by atoms with E-state index in [1.165, 1.54) is 5.56 Å². The highest BCUT2D eigenvalue weighted by molar-refractivity contribution is 5.93. The van der Waals surface area contributed by atoms with Gasteiger partial charge in [0, 0.05) is 24.2 Å². The molecule has 2 aromatic rings. The van der Waals surface area contributed by atoms with Gasteiger partial charge in [-0.3, -0.25) is 4.79 Å². The quantitative estimate of drug-likeness (QED) is 0.853. The van der Waals surface area contributed by atoms with Gasteiger partial charge in [0.2, 0.25) is 5.91 Å². The number of nitrogens with zero attached hydrogens (tertiary/aromatic N) is 1. The first kappa shape index (κ1) is 14.8. The zero-order valence-electron chi connectivity index (χ0n) is 13.0. The average Bonchev–Trinajstić information content (AvgIpc) is 2.53. The molecule has 0 saturated carbocycles. The van der Waals surface area contributed by atoms with Crippen molar-refractivity contribution in [2.75, 3.05) is 4.90 Å². The van der Waals surface area contributed by atoms with Gasteiger partial charge in [0.15, 0.2) is 0 Å². The van der Waals surface area contributed by atoms with Crippen molar-refractivity contribution >= 4 is 11.6 Å². The summed E-state index contributed by atoms with van der Waals surface area (Å²) in [6.45, 7) is 4.29. The summed E-state index contributed by atoms with van der Waals surface area (Å²) in [6, 6.07) is 18.4. The minimum absolute atomic E-state index is 0.0296. The molecule has 3 heteroatoms. The number of benzene rings is 2. The van der Waals surface area contributed by atoms with Crippen molar-refractivity contribution in [3.05, 3.63) is 65.7 Å². The molecule has 0 bridgehead atoms. The van der Waals surface area contributed by atoms with Crippen LogP contribution in [0.15, 0.2) is 54.6 Å². The van der Waals surface area contributed by atoms with E-state index in [1.54, 1.807) is 6.92 Å². The molecule has 3 rings (SSSR count). The lowest BCUT2D eigenvalue weighted by Crippen LogP contribution is -2.42. The Hall–Kier alpha value is -2.13. The molecule has 1 amide bonds. The van der Waals surface area contributed by atoms with Gasteiger partial charge in [-0.2, -0.15) is 0 Å². The third-order valence-corrected chi connectivity index (χ3v) is 4.17. The highest BCUT2D eigenvalue weighted by Gasteiger charge is 2.32. The molecule has 0 aliphatic carbocycles. The second-order valence-electron chi connectivity index (χ2n) is 5.82. The lowest BCUT2D eigenvalue weighted by Gasteiger charge is -2.38. The summed E-state index contributed by atoms with van der Waals surface area (Å²) in [5, 5.41) is 0. The van der Waals surface area contributed by atoms with Crippen molar-refractivity contribution in [2.45, 2.75) is 39.0 Å². The van der Waals surface area contributed by atoms with Crippen molar-refractivity contribution in [1.82, 2.24) is 0 Å². The zero-order valence-corrected chi connectivity index (χ0v) is 13.0. The maximum absolute atomic E-state index is 11.9. The van der Waals surface area contributed by atoms with Gasteiger partial charge in [0.05, 0.1) is 12.7 Å². The Kier molecular flexibility index (Phi) is 4.25. The van der Waals surface area contributed by atoms with E-state index in [-0.39, 0.29) is 18.1 Å². The second kappa shape index (κ2) is 6.32. The summed E-state index contributed by atoms with van der Waals surface area (Å²) >= 11 is 0. The maximum atomic E-state index is 11.9. The van der Waals surface area contributed by atoms with E-state index >= 15 is 0 Å². The fraction of sp³-hybridized carbons (Fsp3) is 0.316. The largest absolute Gasteiger partial charge is 0.369 e. The van der Waals surface area contributed by atoms with Crippen molar-refractivity contribution in [1.29, 1.82) is 0 Å². The van der Waals surface area contributed by atoms with Crippen LogP contribution in [0.1, 0.15) is 37.5 Å². The van der Waals surface area contributed by atoms with Crippen molar-refractivity contribution in [3.8, 4) is 0 Å². The number of hydrogen-bond acceptors (Lipinski definition) is 2. The van der Waals surface area contributed by atoms with Crippen LogP contribution in [-0.4, -0.2) is 11.9 Å². The van der Waals surface area contributed by atoms with Gasteiger partial charge >= 0.3 is 0 Å². The van der Waals surface area contributed by atoms with E-state index in [9.17, 15) is 4.79 Å². The molecule has 0 aromatic heterocycles. The first-order valence-corrected chi connectivity index (χ1v) is 7.71. The molecule has 0 N–H and O–H groups in total. The standard InChI is InChI=1S/C19H21NO2/c1-14-12-19(22-13-16-8-4-3-5-9-16)17-10-6-7-11-18(17)20(14)15(2)21/h3-11,14,19H,12-13H2,1-2H3/t14-,19+/m1/s1. The predicted molar refractivity (Wildman–Crippen MR) is 87.7 cm³/mol. The minimum atomic E-state index is 0.0296. The molecule has 0 unspecified atom stereocenters. The lowest BCUT2D eigenvalue weighted by atomic mass is 9.93. The zero-order chi connectivity index (χ0) is 15.5. The van der Waals surface area contributed by atoms with Gasteiger partial charge in [-0.05, 0) is 25.0 Å². The van der Waals surface area contributed by atoms with Crippen LogP contribution in [0, 0.1) is 0 Å². The van der Waals surface area contributed by atoms with Crippen LogP contribution in [0.25, 0.3) is 0 Å². The number of anilines is 1. The number of carbonyl (C=O) groups excluding carboxylic acids is 1. The van der Waals surface area contributed by atoms with Crippen LogP contribution in [-0.2, 0) is 16.1 Å². The summed E-state index contributed by atoms with van der Waals surface area (Å²) in [4.78, 5) is 13.8. The lowest BCUT2D eigenvalue weighted by molar-refractivity contribution is -0.117. The Bertz CT molecular complexity index is 653. The maximum Gasteiger partial charge on any atom is 0.224 e. The van der Waals surface area contributed by atoms with E-state index in [2.05, 4.69) is 25.1 Å². The number of fused-ring (bicyclic) bond motifs is 1. The molecule has 1 heterocycles. The molecule has 0 saturated heterocycles. The number of ether oxygens (including phenoxy) is 1. The Morgan fingerprint density at radius 3 is 2.55 bits per heavy atom. The van der Waals surface area contributed by atoms with E-state index in [0.29, 0.717) is 6.61 Å². The molecule has 2 atom stereocenters. The molecular weight excluding hydrogens is 274 g/mol. The second-order valence-corrected chi connectivity index (χ2v) is 5.82. The van der Waals surface area contributed by atoms with Gasteiger partial charge < -0.3 is 9.64 Å². The Labute approximate surface area is 131 Å². The molecule has 1 aliphatic rings. The highest BCUT2D eigenvalue weighted by atomic mass is 16.5. The molecule has 0 spiro atoms. The van der Waals surface area contributed by atoms with Crippen molar-refractivity contribution < 1.29 is 9.53 Å². The van der Waals surface area contributed by atoms with Gasteiger partial charge in [0.25, 0.3) is 0 Å². The molecule has 0 radical (unpaired) electrons. The van der Waals surface area contributed by atoms with Crippen LogP contribution in [0.4, 0.5) is 5.69 Å². The third kappa shape index (κ3) is 2.90. The number of rotatable bonds is 3. The van der Waals surface area contributed by atoms with Gasteiger partial charge in [-0.25, -0.2) is 0 Å². The molecular formula is C19H21NO2. The smallest absolute Gasteiger partial charge is 0.224 e. The molecule has 114 valence electrons. The number of amides is 1. The fourth-order valence-electron chi connectivity index (χ4n) is 3.17. The molecule has 2 aromatic carbocycles. The monoisotopic (exact) mass is 295 g/mol. The van der Waals surface area contributed by atoms with E-state index in [0.717, 1.165) is 17.7 Å². The van der Waals surface area contributed by atoms with E-state index in [1.807, 2.05) is 41.3 Å². The summed E-state index contributed by atoms with van der Waals surface area (Å²) < 4.78 is 6.16. The summed E-state index contributed by atoms with van der Waals surface area (Å²) in [6.07, 6.45) is 0.852. The first-order chi connectivity index (χ1) is 10.7. The normalized spacial score (nSPS) is 20.5. The van der Waals surface area contributed by atoms with Crippen LogP contribution < -0.4 is 4.90 Å². The van der Waals surface area contributed by atoms with Crippen LogP contribution in [0.5, 0.6) is 0 Å². The van der Waals surface area contributed by atoms with E-state index in [4.69, 9.17) is 4.74 Å². The first-order valence-electron chi connectivity index (χ1n) is 7.71. The number of para-hydroxylation sites is 1. The summed E-state index contributed by atoms with van der Waals surface area (Å²) in [7, 11) is 0.